The molecule has 3 aromatic rings. The van der Waals surface area contributed by atoms with Crippen molar-refractivity contribution in [3.05, 3.63) is 42.2 Å². The SMILES string of the molecule is O=C(NCCCn1ncc2ccccc21)c1cc2n(n1)CCCO2. The van der Waals surface area contributed by atoms with E-state index in [1.807, 2.05) is 29.1 Å². The van der Waals surface area contributed by atoms with Crippen LogP contribution in [0.2, 0.25) is 0 Å². The number of amides is 1. The van der Waals surface area contributed by atoms with Gasteiger partial charge in [0.1, 0.15) is 0 Å². The monoisotopic (exact) mass is 325 g/mol. The molecule has 0 fully saturated rings. The highest BCUT2D eigenvalue weighted by Crippen LogP contribution is 2.18. The predicted molar refractivity (Wildman–Crippen MR) is 89.0 cm³/mol. The minimum absolute atomic E-state index is 0.161. The first-order chi connectivity index (χ1) is 11.8. The van der Waals surface area contributed by atoms with Crippen molar-refractivity contribution in [2.24, 2.45) is 0 Å². The molecule has 0 saturated carbocycles. The molecule has 1 aliphatic rings. The molecule has 0 aliphatic carbocycles. The molecule has 0 atom stereocenters. The first-order valence-corrected chi connectivity index (χ1v) is 8.21. The Kier molecular flexibility index (Phi) is 3.90. The van der Waals surface area contributed by atoms with Crippen LogP contribution in [0.5, 0.6) is 5.88 Å². The number of carbonyl (C=O) groups excluding carboxylic acids is 1. The lowest BCUT2D eigenvalue weighted by Gasteiger charge is -2.13. The Morgan fingerprint density at radius 2 is 2.25 bits per heavy atom. The number of hydrogen-bond donors (Lipinski definition) is 1. The van der Waals surface area contributed by atoms with E-state index in [1.54, 1.807) is 10.7 Å². The van der Waals surface area contributed by atoms with Gasteiger partial charge in [0.25, 0.3) is 5.91 Å². The molecule has 7 nitrogen and oxygen atoms in total. The van der Waals surface area contributed by atoms with Crippen LogP contribution < -0.4 is 10.1 Å². The first kappa shape index (κ1) is 14.7. The molecular formula is C17H19N5O2. The van der Waals surface area contributed by atoms with Crippen molar-refractivity contribution in [3.8, 4) is 5.88 Å². The number of nitrogens with one attached hydrogen (secondary N) is 1. The van der Waals surface area contributed by atoms with Crippen molar-refractivity contribution in [2.45, 2.75) is 25.9 Å². The van der Waals surface area contributed by atoms with Crippen LogP contribution in [-0.4, -0.2) is 38.6 Å². The van der Waals surface area contributed by atoms with Gasteiger partial charge in [0.05, 0.1) is 18.3 Å². The van der Waals surface area contributed by atoms with Crippen molar-refractivity contribution in [3.63, 3.8) is 0 Å². The van der Waals surface area contributed by atoms with Crippen LogP contribution in [0.1, 0.15) is 23.3 Å². The number of aryl methyl sites for hydroxylation is 2. The van der Waals surface area contributed by atoms with E-state index in [0.717, 1.165) is 36.8 Å². The van der Waals surface area contributed by atoms with Crippen molar-refractivity contribution in [1.29, 1.82) is 0 Å². The molecule has 0 bridgehead atoms. The van der Waals surface area contributed by atoms with Gasteiger partial charge in [0, 0.05) is 37.5 Å². The molecule has 1 aromatic carbocycles. The lowest BCUT2D eigenvalue weighted by atomic mass is 10.2. The Morgan fingerprint density at radius 1 is 1.33 bits per heavy atom. The van der Waals surface area contributed by atoms with Gasteiger partial charge in [0.15, 0.2) is 5.69 Å². The van der Waals surface area contributed by atoms with E-state index in [-0.39, 0.29) is 5.91 Å². The Balaban J connectivity index is 1.31. The minimum Gasteiger partial charge on any atom is -0.478 e. The number of ether oxygens (including phenoxy) is 1. The second-order valence-corrected chi connectivity index (χ2v) is 5.83. The van der Waals surface area contributed by atoms with E-state index in [2.05, 4.69) is 21.6 Å². The average Bonchev–Trinajstić information content (AvgIpc) is 3.23. The van der Waals surface area contributed by atoms with Crippen molar-refractivity contribution >= 4 is 16.8 Å². The number of fused-ring (bicyclic) bond motifs is 2. The summed E-state index contributed by atoms with van der Waals surface area (Å²) < 4.78 is 9.19. The summed E-state index contributed by atoms with van der Waals surface area (Å²) in [5.74, 6) is 0.514. The summed E-state index contributed by atoms with van der Waals surface area (Å²) in [6, 6.07) is 9.81. The molecule has 1 N–H and O–H groups in total. The van der Waals surface area contributed by atoms with E-state index in [9.17, 15) is 4.79 Å². The molecule has 3 heterocycles. The fraction of sp³-hybridized carbons (Fsp3) is 0.353. The highest BCUT2D eigenvalue weighted by molar-refractivity contribution is 5.92. The maximum atomic E-state index is 12.2. The average molecular weight is 325 g/mol. The second kappa shape index (κ2) is 6.35. The molecule has 124 valence electrons. The van der Waals surface area contributed by atoms with E-state index in [1.165, 1.54) is 0 Å². The van der Waals surface area contributed by atoms with Crippen LogP contribution in [0.25, 0.3) is 10.9 Å². The highest BCUT2D eigenvalue weighted by Gasteiger charge is 2.17. The fourth-order valence-corrected chi connectivity index (χ4v) is 2.90. The third kappa shape index (κ3) is 2.84. The molecule has 0 saturated heterocycles. The Bertz CT molecular complexity index is 843. The number of carbonyl (C=O) groups is 1. The topological polar surface area (TPSA) is 74.0 Å². The number of benzene rings is 1. The molecule has 1 amide bonds. The molecule has 1 aliphatic heterocycles. The molecule has 0 spiro atoms. The quantitative estimate of drug-likeness (QED) is 0.726. The zero-order valence-electron chi connectivity index (χ0n) is 13.3. The van der Waals surface area contributed by atoms with Gasteiger partial charge in [-0.1, -0.05) is 18.2 Å². The lowest BCUT2D eigenvalue weighted by Crippen LogP contribution is -2.26. The zero-order chi connectivity index (χ0) is 16.4. The maximum absolute atomic E-state index is 12.2. The molecule has 4 rings (SSSR count). The fourth-order valence-electron chi connectivity index (χ4n) is 2.90. The van der Waals surface area contributed by atoms with Gasteiger partial charge in [-0.15, -0.1) is 0 Å². The van der Waals surface area contributed by atoms with Crippen LogP contribution in [-0.2, 0) is 13.1 Å². The summed E-state index contributed by atoms with van der Waals surface area (Å²) in [6.07, 6.45) is 3.60. The lowest BCUT2D eigenvalue weighted by molar-refractivity contribution is 0.0946. The number of para-hydroxylation sites is 1. The van der Waals surface area contributed by atoms with Gasteiger partial charge in [0.2, 0.25) is 5.88 Å². The standard InChI is InChI=1S/C17H19N5O2/c23-17(14-11-16-22(20-14)9-4-10-24-16)18-7-3-8-21-15-6-2-1-5-13(15)12-19-21/h1-2,5-6,11-12H,3-4,7-10H2,(H,18,23). The number of nitrogens with zero attached hydrogens (tertiary/aromatic N) is 4. The van der Waals surface area contributed by atoms with Gasteiger partial charge in [-0.3, -0.25) is 9.48 Å². The van der Waals surface area contributed by atoms with Gasteiger partial charge < -0.3 is 10.1 Å². The van der Waals surface area contributed by atoms with Crippen LogP contribution in [0.4, 0.5) is 0 Å². The van der Waals surface area contributed by atoms with E-state index < -0.39 is 0 Å². The Hall–Kier alpha value is -2.83. The summed E-state index contributed by atoms with van der Waals surface area (Å²) in [4.78, 5) is 12.2. The Morgan fingerprint density at radius 3 is 3.17 bits per heavy atom. The van der Waals surface area contributed by atoms with Gasteiger partial charge in [-0.05, 0) is 12.5 Å². The first-order valence-electron chi connectivity index (χ1n) is 8.21. The van der Waals surface area contributed by atoms with Gasteiger partial charge in [-0.25, -0.2) is 4.68 Å². The van der Waals surface area contributed by atoms with Crippen molar-refractivity contribution in [2.75, 3.05) is 13.2 Å². The molecule has 0 unspecified atom stereocenters. The zero-order valence-corrected chi connectivity index (χ0v) is 13.3. The maximum Gasteiger partial charge on any atom is 0.271 e. The third-order valence-electron chi connectivity index (χ3n) is 4.12. The molecule has 2 aromatic heterocycles. The van der Waals surface area contributed by atoms with Crippen molar-refractivity contribution in [1.82, 2.24) is 24.9 Å². The van der Waals surface area contributed by atoms with E-state index >= 15 is 0 Å². The van der Waals surface area contributed by atoms with Gasteiger partial charge in [-0.2, -0.15) is 10.2 Å². The van der Waals surface area contributed by atoms with E-state index in [4.69, 9.17) is 4.74 Å². The largest absolute Gasteiger partial charge is 0.478 e. The highest BCUT2D eigenvalue weighted by atomic mass is 16.5. The normalized spacial score (nSPS) is 13.5. The second-order valence-electron chi connectivity index (χ2n) is 5.83. The molecule has 24 heavy (non-hydrogen) atoms. The molecule has 0 radical (unpaired) electrons. The summed E-state index contributed by atoms with van der Waals surface area (Å²) in [6.45, 7) is 2.83. The predicted octanol–water partition coefficient (Wildman–Crippen LogP) is 1.84. The number of rotatable bonds is 5. The Labute approximate surface area is 139 Å². The minimum atomic E-state index is -0.161. The summed E-state index contributed by atoms with van der Waals surface area (Å²) in [7, 11) is 0. The van der Waals surface area contributed by atoms with Crippen molar-refractivity contribution < 1.29 is 9.53 Å². The number of hydrogen-bond acceptors (Lipinski definition) is 4. The third-order valence-corrected chi connectivity index (χ3v) is 4.12. The summed E-state index contributed by atoms with van der Waals surface area (Å²) >= 11 is 0. The van der Waals surface area contributed by atoms with E-state index in [0.29, 0.717) is 24.7 Å². The molecular weight excluding hydrogens is 306 g/mol. The van der Waals surface area contributed by atoms with Gasteiger partial charge >= 0.3 is 0 Å². The smallest absolute Gasteiger partial charge is 0.271 e. The van der Waals surface area contributed by atoms with Crippen LogP contribution in [0, 0.1) is 0 Å². The van der Waals surface area contributed by atoms with Crippen LogP contribution >= 0.6 is 0 Å². The summed E-state index contributed by atoms with van der Waals surface area (Å²) in [5, 5.41) is 12.7. The molecule has 7 heteroatoms. The van der Waals surface area contributed by atoms with Crippen LogP contribution in [0.3, 0.4) is 0 Å². The van der Waals surface area contributed by atoms with Crippen LogP contribution in [0.15, 0.2) is 36.5 Å². The summed E-state index contributed by atoms with van der Waals surface area (Å²) in [5.41, 5.74) is 1.53. The number of aromatic nitrogens is 4.